The van der Waals surface area contributed by atoms with Gasteiger partial charge in [0.25, 0.3) is 5.91 Å². The maximum atomic E-state index is 12.7. The van der Waals surface area contributed by atoms with Crippen molar-refractivity contribution in [2.45, 2.75) is 45.2 Å². The van der Waals surface area contributed by atoms with Crippen molar-refractivity contribution in [3.8, 4) is 0 Å². The Bertz CT molecular complexity index is 651. The molecule has 1 amide bonds. The maximum Gasteiger partial charge on any atom is 0.278 e. The summed E-state index contributed by atoms with van der Waals surface area (Å²) in [4.78, 5) is 20.7. The van der Waals surface area contributed by atoms with Gasteiger partial charge in [-0.2, -0.15) is 0 Å². The largest absolute Gasteiger partial charge is 0.332 e. The Morgan fingerprint density at radius 3 is 2.96 bits per heavy atom. The smallest absolute Gasteiger partial charge is 0.278 e. The first kappa shape index (κ1) is 16.4. The van der Waals surface area contributed by atoms with E-state index in [0.29, 0.717) is 12.6 Å². The Labute approximate surface area is 142 Å². The highest BCUT2D eigenvalue weighted by Gasteiger charge is 2.28. The Morgan fingerprint density at radius 1 is 1.43 bits per heavy atom. The topological polar surface area (TPSA) is 37.6 Å². The third-order valence-electron chi connectivity index (χ3n) is 5.10. The molecule has 0 aliphatic carbocycles. The number of para-hydroxylation sites is 1. The van der Waals surface area contributed by atoms with E-state index in [4.69, 9.17) is 4.98 Å². The number of aromatic nitrogens is 1. The molecule has 1 aliphatic rings. The third-order valence-corrected chi connectivity index (χ3v) is 6.31. The number of thiazole rings is 1. The molecule has 1 unspecified atom stereocenters. The number of carbonyl (C=O) groups is 1. The molecular formula is C18H26N3OS+. The molecule has 0 bridgehead atoms. The molecule has 0 spiro atoms. The summed E-state index contributed by atoms with van der Waals surface area (Å²) < 4.78 is 1.19. The van der Waals surface area contributed by atoms with Crippen molar-refractivity contribution in [1.82, 2.24) is 9.88 Å². The van der Waals surface area contributed by atoms with Gasteiger partial charge in [0, 0.05) is 7.05 Å². The van der Waals surface area contributed by atoms with Crippen molar-refractivity contribution in [1.29, 1.82) is 0 Å². The molecule has 3 rings (SSSR count). The maximum absolute atomic E-state index is 12.7. The number of rotatable bonds is 4. The highest BCUT2D eigenvalue weighted by atomic mass is 32.1. The minimum absolute atomic E-state index is 0.0272. The number of piperidine rings is 1. The number of carbonyl (C=O) groups excluding carboxylic acids is 1. The number of nitrogens with zero attached hydrogens (tertiary/aromatic N) is 2. The first-order chi connectivity index (χ1) is 11.1. The molecule has 5 heteroatoms. The van der Waals surface area contributed by atoms with Crippen LogP contribution in [0.25, 0.3) is 10.2 Å². The van der Waals surface area contributed by atoms with Crippen molar-refractivity contribution >= 4 is 27.5 Å². The van der Waals surface area contributed by atoms with Crippen LogP contribution in [0.4, 0.5) is 0 Å². The highest BCUT2D eigenvalue weighted by molar-refractivity contribution is 7.18. The van der Waals surface area contributed by atoms with Gasteiger partial charge in [-0.1, -0.05) is 12.1 Å². The average molecular weight is 332 g/mol. The van der Waals surface area contributed by atoms with Gasteiger partial charge in [0.15, 0.2) is 6.54 Å². The van der Waals surface area contributed by atoms with Gasteiger partial charge >= 0.3 is 0 Å². The zero-order valence-corrected chi connectivity index (χ0v) is 15.0. The molecule has 1 aromatic heterocycles. The van der Waals surface area contributed by atoms with E-state index in [1.54, 1.807) is 11.3 Å². The Morgan fingerprint density at radius 2 is 2.22 bits per heavy atom. The number of quaternary nitrogens is 1. The summed E-state index contributed by atoms with van der Waals surface area (Å²) in [5.74, 6) is 0.223. The first-order valence-electron chi connectivity index (χ1n) is 8.52. The van der Waals surface area contributed by atoms with Crippen LogP contribution in [-0.2, 0) is 4.79 Å². The van der Waals surface area contributed by atoms with Crippen molar-refractivity contribution in [2.75, 3.05) is 20.1 Å². The number of amides is 1. The van der Waals surface area contributed by atoms with Gasteiger partial charge in [0.05, 0.1) is 28.8 Å². The van der Waals surface area contributed by atoms with Crippen LogP contribution >= 0.6 is 11.3 Å². The standard InChI is InChI=1S/C18H25N3OS/c1-13-8-6-7-11-21(13)12-17(22)20(3)14(2)18-19-15-9-4-5-10-16(15)23-18/h4-5,9-10,13-14H,6-8,11-12H2,1-3H3/p+1/t13-,14-/m0/s1. The predicted octanol–water partition coefficient (Wildman–Crippen LogP) is 2.27. The fourth-order valence-corrected chi connectivity index (χ4v) is 4.35. The second-order valence-electron chi connectivity index (χ2n) is 6.68. The summed E-state index contributed by atoms with van der Waals surface area (Å²) in [5.41, 5.74) is 1.02. The van der Waals surface area contributed by atoms with Gasteiger partial charge < -0.3 is 9.80 Å². The number of likely N-dealkylation sites (tertiary alicyclic amines) is 1. The van der Waals surface area contributed by atoms with Gasteiger partial charge in [-0.05, 0) is 45.2 Å². The number of fused-ring (bicyclic) bond motifs is 1. The lowest BCUT2D eigenvalue weighted by molar-refractivity contribution is -0.921. The molecular weight excluding hydrogens is 306 g/mol. The monoisotopic (exact) mass is 332 g/mol. The lowest BCUT2D eigenvalue weighted by Crippen LogP contribution is -3.17. The predicted molar refractivity (Wildman–Crippen MR) is 94.8 cm³/mol. The minimum Gasteiger partial charge on any atom is -0.332 e. The van der Waals surface area contributed by atoms with Crippen LogP contribution in [0, 0.1) is 0 Å². The molecule has 2 aromatic rings. The Kier molecular flexibility index (Phi) is 4.97. The van der Waals surface area contributed by atoms with Crippen molar-refractivity contribution in [3.63, 3.8) is 0 Å². The average Bonchev–Trinajstić information content (AvgIpc) is 2.99. The third kappa shape index (κ3) is 3.56. The molecule has 124 valence electrons. The van der Waals surface area contributed by atoms with Crippen LogP contribution in [0.2, 0.25) is 0 Å². The summed E-state index contributed by atoms with van der Waals surface area (Å²) >= 11 is 1.69. The molecule has 23 heavy (non-hydrogen) atoms. The molecule has 1 fully saturated rings. The lowest BCUT2D eigenvalue weighted by Gasteiger charge is -2.32. The lowest BCUT2D eigenvalue weighted by atomic mass is 10.0. The van der Waals surface area contributed by atoms with Gasteiger partial charge in [-0.25, -0.2) is 4.98 Å². The minimum atomic E-state index is 0.0272. The van der Waals surface area contributed by atoms with Crippen molar-refractivity contribution < 1.29 is 9.69 Å². The molecule has 0 radical (unpaired) electrons. The quantitative estimate of drug-likeness (QED) is 0.933. The molecule has 4 nitrogen and oxygen atoms in total. The molecule has 1 aromatic carbocycles. The summed E-state index contributed by atoms with van der Waals surface area (Å²) in [6.07, 6.45) is 3.78. The van der Waals surface area contributed by atoms with Gasteiger partial charge in [-0.3, -0.25) is 4.79 Å². The second kappa shape index (κ2) is 6.97. The van der Waals surface area contributed by atoms with Crippen molar-refractivity contribution in [2.24, 2.45) is 0 Å². The molecule has 1 saturated heterocycles. The highest BCUT2D eigenvalue weighted by Crippen LogP contribution is 2.28. The summed E-state index contributed by atoms with van der Waals surface area (Å²) in [7, 11) is 1.91. The van der Waals surface area contributed by atoms with E-state index in [-0.39, 0.29) is 11.9 Å². The zero-order chi connectivity index (χ0) is 16.4. The molecule has 3 atom stereocenters. The Hall–Kier alpha value is -1.46. The van der Waals surface area contributed by atoms with E-state index >= 15 is 0 Å². The number of hydrogen-bond donors (Lipinski definition) is 1. The van der Waals surface area contributed by atoms with Gasteiger partial charge in [0.1, 0.15) is 5.01 Å². The van der Waals surface area contributed by atoms with E-state index in [9.17, 15) is 4.79 Å². The molecule has 1 N–H and O–H groups in total. The van der Waals surface area contributed by atoms with E-state index < -0.39 is 0 Å². The van der Waals surface area contributed by atoms with Gasteiger partial charge in [-0.15, -0.1) is 11.3 Å². The van der Waals surface area contributed by atoms with E-state index in [0.717, 1.165) is 17.1 Å². The van der Waals surface area contributed by atoms with Crippen LogP contribution in [0.1, 0.15) is 44.2 Å². The van der Waals surface area contributed by atoms with Crippen LogP contribution < -0.4 is 4.90 Å². The molecule has 0 saturated carbocycles. The number of hydrogen-bond acceptors (Lipinski definition) is 3. The summed E-state index contributed by atoms with van der Waals surface area (Å²) in [6, 6.07) is 8.78. The normalized spacial score (nSPS) is 22.9. The number of benzene rings is 1. The fraction of sp³-hybridized carbons (Fsp3) is 0.556. The van der Waals surface area contributed by atoms with Crippen LogP contribution in [-0.4, -0.2) is 42.0 Å². The van der Waals surface area contributed by atoms with Crippen LogP contribution in [0.5, 0.6) is 0 Å². The molecule has 1 aliphatic heterocycles. The van der Waals surface area contributed by atoms with Crippen LogP contribution in [0.3, 0.4) is 0 Å². The SMILES string of the molecule is C[C@@H](c1nc2ccccc2s1)N(C)C(=O)C[NH+]1CCCC[C@@H]1C. The Balaban J connectivity index is 1.68. The van der Waals surface area contributed by atoms with Gasteiger partial charge in [0.2, 0.25) is 0 Å². The summed E-state index contributed by atoms with van der Waals surface area (Å²) in [5, 5.41) is 1.02. The number of likely N-dealkylation sites (N-methyl/N-ethyl adjacent to an activating group) is 1. The van der Waals surface area contributed by atoms with Crippen LogP contribution in [0.15, 0.2) is 24.3 Å². The van der Waals surface area contributed by atoms with E-state index in [2.05, 4.69) is 19.9 Å². The molecule has 2 heterocycles. The van der Waals surface area contributed by atoms with Crippen molar-refractivity contribution in [3.05, 3.63) is 29.3 Å². The van der Waals surface area contributed by atoms with E-state index in [1.807, 2.05) is 30.1 Å². The van der Waals surface area contributed by atoms with E-state index in [1.165, 1.54) is 28.9 Å². The second-order valence-corrected chi connectivity index (χ2v) is 7.74. The summed E-state index contributed by atoms with van der Waals surface area (Å²) in [6.45, 7) is 6.06. The fourth-order valence-electron chi connectivity index (χ4n) is 3.29. The zero-order valence-electron chi connectivity index (χ0n) is 14.2. The number of nitrogens with one attached hydrogen (secondary N) is 1. The first-order valence-corrected chi connectivity index (χ1v) is 9.33.